The maximum atomic E-state index is 12.9. The number of hydrogen-bond donors (Lipinski definition) is 0. The van der Waals surface area contributed by atoms with E-state index in [0.717, 1.165) is 38.8 Å². The summed E-state index contributed by atoms with van der Waals surface area (Å²) in [6.07, 6.45) is 0.647. The first-order valence-electron chi connectivity index (χ1n) is 12.3. The van der Waals surface area contributed by atoms with Crippen LogP contribution in [-0.4, -0.2) is 61.2 Å². The fourth-order valence-electron chi connectivity index (χ4n) is 4.60. The van der Waals surface area contributed by atoms with E-state index in [0.29, 0.717) is 45.0 Å². The summed E-state index contributed by atoms with van der Waals surface area (Å²) < 4.78 is 11.0. The van der Waals surface area contributed by atoms with Crippen LogP contribution in [0.3, 0.4) is 0 Å². The van der Waals surface area contributed by atoms with Crippen molar-refractivity contribution in [1.82, 2.24) is 14.9 Å². The minimum absolute atomic E-state index is 0.0963. The number of amides is 1. The molecule has 1 saturated heterocycles. The van der Waals surface area contributed by atoms with Crippen molar-refractivity contribution in [3.8, 4) is 17.1 Å². The number of nitrogens with zero attached hydrogens (tertiary/aromatic N) is 4. The van der Waals surface area contributed by atoms with Crippen molar-refractivity contribution in [2.45, 2.75) is 13.0 Å². The van der Waals surface area contributed by atoms with Crippen LogP contribution in [0.15, 0.2) is 72.1 Å². The van der Waals surface area contributed by atoms with Crippen molar-refractivity contribution in [2.24, 2.45) is 0 Å². The van der Waals surface area contributed by atoms with Crippen LogP contribution in [0.4, 0.5) is 5.82 Å². The van der Waals surface area contributed by atoms with Gasteiger partial charge in [0, 0.05) is 50.8 Å². The summed E-state index contributed by atoms with van der Waals surface area (Å²) in [6, 6.07) is 21.9. The summed E-state index contributed by atoms with van der Waals surface area (Å²) in [4.78, 5) is 27.9. The molecular formula is C29H30N4O3S. The van der Waals surface area contributed by atoms with Gasteiger partial charge in [-0.25, -0.2) is 9.97 Å². The largest absolute Gasteiger partial charge is 0.497 e. The first kappa shape index (κ1) is 24.9. The average molecular weight is 515 g/mol. The highest BCUT2D eigenvalue weighted by molar-refractivity contribution is 7.12. The molecule has 5 rings (SSSR count). The number of benzene rings is 2. The smallest absolute Gasteiger partial charge is 0.264 e. The summed E-state index contributed by atoms with van der Waals surface area (Å²) in [7, 11) is 3.36. The van der Waals surface area contributed by atoms with Crippen molar-refractivity contribution in [3.05, 3.63) is 93.8 Å². The van der Waals surface area contributed by atoms with Crippen LogP contribution in [0.1, 0.15) is 26.5 Å². The molecule has 0 atom stereocenters. The zero-order chi connectivity index (χ0) is 25.6. The van der Waals surface area contributed by atoms with Crippen LogP contribution in [0.25, 0.3) is 11.4 Å². The van der Waals surface area contributed by atoms with Gasteiger partial charge in [-0.15, -0.1) is 11.3 Å². The van der Waals surface area contributed by atoms with Crippen molar-refractivity contribution in [1.29, 1.82) is 0 Å². The van der Waals surface area contributed by atoms with E-state index >= 15 is 0 Å². The molecule has 1 fully saturated rings. The minimum Gasteiger partial charge on any atom is -0.497 e. The predicted molar refractivity (Wildman–Crippen MR) is 146 cm³/mol. The summed E-state index contributed by atoms with van der Waals surface area (Å²) >= 11 is 1.49. The van der Waals surface area contributed by atoms with Crippen molar-refractivity contribution in [3.63, 3.8) is 0 Å². The first-order chi connectivity index (χ1) is 18.2. The molecule has 1 aliphatic heterocycles. The van der Waals surface area contributed by atoms with Crippen molar-refractivity contribution < 1.29 is 14.3 Å². The molecule has 2 aromatic carbocycles. The number of hydrogen-bond acceptors (Lipinski definition) is 7. The maximum Gasteiger partial charge on any atom is 0.264 e. The molecule has 3 heterocycles. The number of carbonyl (C=O) groups is 1. The third kappa shape index (κ3) is 5.65. The van der Waals surface area contributed by atoms with Gasteiger partial charge in [-0.2, -0.15) is 0 Å². The monoisotopic (exact) mass is 514 g/mol. The lowest BCUT2D eigenvalue weighted by Crippen LogP contribution is -2.49. The molecule has 0 radical (unpaired) electrons. The number of anilines is 1. The summed E-state index contributed by atoms with van der Waals surface area (Å²) in [5, 5.41) is 1.94. The van der Waals surface area contributed by atoms with E-state index in [1.807, 2.05) is 70.9 Å². The Kier molecular flexibility index (Phi) is 7.77. The Balaban J connectivity index is 1.51. The molecule has 0 unspecified atom stereocenters. The summed E-state index contributed by atoms with van der Waals surface area (Å²) in [6.45, 7) is 3.05. The molecule has 2 aromatic heterocycles. The lowest BCUT2D eigenvalue weighted by Gasteiger charge is -2.36. The Labute approximate surface area is 221 Å². The molecular weight excluding hydrogens is 484 g/mol. The highest BCUT2D eigenvalue weighted by Gasteiger charge is 2.27. The highest BCUT2D eigenvalue weighted by Crippen LogP contribution is 2.30. The molecule has 0 saturated carbocycles. The number of thiophene rings is 1. The van der Waals surface area contributed by atoms with E-state index in [1.165, 1.54) is 11.3 Å². The van der Waals surface area contributed by atoms with Crippen LogP contribution in [0.2, 0.25) is 0 Å². The van der Waals surface area contributed by atoms with Gasteiger partial charge in [0.2, 0.25) is 0 Å². The van der Waals surface area contributed by atoms with Gasteiger partial charge < -0.3 is 19.3 Å². The van der Waals surface area contributed by atoms with E-state index in [9.17, 15) is 4.79 Å². The van der Waals surface area contributed by atoms with Crippen LogP contribution in [0, 0.1) is 0 Å². The van der Waals surface area contributed by atoms with Gasteiger partial charge in [0.25, 0.3) is 5.91 Å². The van der Waals surface area contributed by atoms with Gasteiger partial charge in [-0.1, -0.05) is 48.5 Å². The van der Waals surface area contributed by atoms with Crippen molar-refractivity contribution in [2.75, 3.05) is 45.3 Å². The second-order valence-electron chi connectivity index (χ2n) is 8.88. The van der Waals surface area contributed by atoms with E-state index in [4.69, 9.17) is 19.4 Å². The Bertz CT molecular complexity index is 1340. The van der Waals surface area contributed by atoms with E-state index in [-0.39, 0.29) is 5.91 Å². The van der Waals surface area contributed by atoms with Gasteiger partial charge in [0.05, 0.1) is 24.3 Å². The zero-order valence-corrected chi connectivity index (χ0v) is 21.9. The lowest BCUT2D eigenvalue weighted by atomic mass is 10.0. The first-order valence-corrected chi connectivity index (χ1v) is 13.2. The number of methoxy groups -OCH3 is 2. The standard InChI is InChI=1S/C29H30N4O3S/c1-35-20-25-24(19-21-8-6-11-23(18-21)36-2)28(31-27(30-25)22-9-4-3-5-10-22)32-13-15-33(16-14-32)29(34)26-12-7-17-37-26/h3-12,17-18H,13-16,19-20H2,1-2H3. The van der Waals surface area contributed by atoms with Crippen LogP contribution >= 0.6 is 11.3 Å². The molecule has 4 aromatic rings. The minimum atomic E-state index is 0.0963. The number of piperazine rings is 1. The lowest BCUT2D eigenvalue weighted by molar-refractivity contribution is 0.0751. The predicted octanol–water partition coefficient (Wildman–Crippen LogP) is 4.91. The molecule has 7 nitrogen and oxygen atoms in total. The van der Waals surface area contributed by atoms with Crippen molar-refractivity contribution >= 4 is 23.1 Å². The summed E-state index contributed by atoms with van der Waals surface area (Å²) in [5.41, 5.74) is 3.97. The van der Waals surface area contributed by atoms with E-state index < -0.39 is 0 Å². The second-order valence-corrected chi connectivity index (χ2v) is 9.83. The Morgan fingerprint density at radius 1 is 0.946 bits per heavy atom. The molecule has 1 aliphatic rings. The Morgan fingerprint density at radius 2 is 1.76 bits per heavy atom. The third-order valence-electron chi connectivity index (χ3n) is 6.50. The normalized spacial score (nSPS) is 13.6. The molecule has 0 N–H and O–H groups in total. The fraction of sp³-hybridized carbons (Fsp3) is 0.276. The quantitative estimate of drug-likeness (QED) is 0.333. The van der Waals surface area contributed by atoms with Crippen LogP contribution in [0.5, 0.6) is 5.75 Å². The molecule has 8 heteroatoms. The number of aromatic nitrogens is 2. The number of rotatable bonds is 8. The van der Waals surface area contributed by atoms with E-state index in [1.54, 1.807) is 14.2 Å². The molecule has 0 spiro atoms. The Hall–Kier alpha value is -3.75. The molecule has 1 amide bonds. The molecule has 190 valence electrons. The second kappa shape index (κ2) is 11.5. The van der Waals surface area contributed by atoms with Gasteiger partial charge >= 0.3 is 0 Å². The average Bonchev–Trinajstić information content (AvgIpc) is 3.49. The zero-order valence-electron chi connectivity index (χ0n) is 21.1. The van der Waals surface area contributed by atoms with Gasteiger partial charge in [-0.3, -0.25) is 4.79 Å². The van der Waals surface area contributed by atoms with Crippen LogP contribution in [-0.2, 0) is 17.8 Å². The molecule has 37 heavy (non-hydrogen) atoms. The van der Waals surface area contributed by atoms with Crippen LogP contribution < -0.4 is 9.64 Å². The molecule has 0 bridgehead atoms. The Morgan fingerprint density at radius 3 is 2.46 bits per heavy atom. The topological polar surface area (TPSA) is 67.8 Å². The highest BCUT2D eigenvalue weighted by atomic mass is 32.1. The number of carbonyl (C=O) groups excluding carboxylic acids is 1. The third-order valence-corrected chi connectivity index (χ3v) is 7.36. The van der Waals surface area contributed by atoms with E-state index in [2.05, 4.69) is 11.0 Å². The van der Waals surface area contributed by atoms with Gasteiger partial charge in [-0.05, 0) is 29.1 Å². The fourth-order valence-corrected chi connectivity index (χ4v) is 5.29. The SMILES string of the molecule is COCc1nc(-c2ccccc2)nc(N2CCN(C(=O)c3cccs3)CC2)c1Cc1cccc(OC)c1. The summed E-state index contributed by atoms with van der Waals surface area (Å²) in [5.74, 6) is 2.48. The van der Waals surface area contributed by atoms with Gasteiger partial charge in [0.15, 0.2) is 5.82 Å². The number of ether oxygens (including phenoxy) is 2. The van der Waals surface area contributed by atoms with Gasteiger partial charge in [0.1, 0.15) is 11.6 Å². The molecule has 0 aliphatic carbocycles. The maximum absolute atomic E-state index is 12.9.